The van der Waals surface area contributed by atoms with Crippen molar-refractivity contribution in [2.24, 2.45) is 0 Å². The average molecular weight is 306 g/mol. The molecule has 2 aromatic heterocycles. The fourth-order valence-electron chi connectivity index (χ4n) is 2.82. The van der Waals surface area contributed by atoms with Gasteiger partial charge in [0.25, 0.3) is 0 Å². The molecule has 5 heteroatoms. The van der Waals surface area contributed by atoms with E-state index in [9.17, 15) is 5.11 Å². The summed E-state index contributed by atoms with van der Waals surface area (Å²) in [5.41, 5.74) is 12.2. The zero-order chi connectivity index (χ0) is 16.6. The molecule has 3 aromatic rings. The van der Waals surface area contributed by atoms with Gasteiger partial charge >= 0.3 is 0 Å². The lowest BCUT2D eigenvalue weighted by molar-refractivity contribution is 0.473. The SMILES string of the molecule is Cc1cc(C)cc(-c2nc(N)nc(C)c2-c2cncc(O)c2)c1. The van der Waals surface area contributed by atoms with Gasteiger partial charge in [-0.1, -0.05) is 17.2 Å². The molecule has 0 unspecified atom stereocenters. The number of aromatic nitrogens is 3. The van der Waals surface area contributed by atoms with E-state index in [4.69, 9.17) is 5.73 Å². The fourth-order valence-corrected chi connectivity index (χ4v) is 2.82. The highest BCUT2D eigenvalue weighted by atomic mass is 16.3. The van der Waals surface area contributed by atoms with E-state index < -0.39 is 0 Å². The molecule has 0 aliphatic carbocycles. The number of benzene rings is 1. The van der Waals surface area contributed by atoms with Gasteiger partial charge in [-0.25, -0.2) is 9.97 Å². The van der Waals surface area contributed by atoms with E-state index in [-0.39, 0.29) is 11.7 Å². The summed E-state index contributed by atoms with van der Waals surface area (Å²) in [4.78, 5) is 12.8. The number of rotatable bonds is 2. The molecule has 0 radical (unpaired) electrons. The van der Waals surface area contributed by atoms with Crippen molar-refractivity contribution >= 4 is 5.95 Å². The Morgan fingerprint density at radius 1 is 0.870 bits per heavy atom. The summed E-state index contributed by atoms with van der Waals surface area (Å²) in [6, 6.07) is 7.89. The molecule has 3 N–H and O–H groups in total. The number of aryl methyl sites for hydroxylation is 3. The van der Waals surface area contributed by atoms with Crippen molar-refractivity contribution in [2.75, 3.05) is 5.73 Å². The van der Waals surface area contributed by atoms with Crippen LogP contribution < -0.4 is 5.73 Å². The van der Waals surface area contributed by atoms with Crippen LogP contribution in [0.3, 0.4) is 0 Å². The van der Waals surface area contributed by atoms with E-state index in [2.05, 4.69) is 33.2 Å². The second kappa shape index (κ2) is 5.68. The smallest absolute Gasteiger partial charge is 0.220 e. The largest absolute Gasteiger partial charge is 0.506 e. The number of nitrogen functional groups attached to an aromatic ring is 1. The van der Waals surface area contributed by atoms with Crippen LogP contribution in [0.25, 0.3) is 22.4 Å². The Morgan fingerprint density at radius 2 is 1.57 bits per heavy atom. The monoisotopic (exact) mass is 306 g/mol. The van der Waals surface area contributed by atoms with Gasteiger partial charge in [-0.05, 0) is 39.0 Å². The Kier molecular flexibility index (Phi) is 3.70. The van der Waals surface area contributed by atoms with E-state index in [1.807, 2.05) is 20.8 Å². The van der Waals surface area contributed by atoms with Crippen LogP contribution >= 0.6 is 0 Å². The zero-order valence-corrected chi connectivity index (χ0v) is 13.3. The molecule has 0 aliphatic heterocycles. The molecule has 0 fully saturated rings. The van der Waals surface area contributed by atoms with Crippen molar-refractivity contribution in [3.05, 3.63) is 53.5 Å². The van der Waals surface area contributed by atoms with Crippen LogP contribution in [0.1, 0.15) is 16.8 Å². The summed E-state index contributed by atoms with van der Waals surface area (Å²) in [5.74, 6) is 0.332. The molecule has 0 saturated carbocycles. The highest BCUT2D eigenvalue weighted by Gasteiger charge is 2.16. The third kappa shape index (κ3) is 2.99. The van der Waals surface area contributed by atoms with Gasteiger partial charge in [-0.3, -0.25) is 4.98 Å². The molecule has 0 spiro atoms. The molecule has 0 saturated heterocycles. The summed E-state index contributed by atoms with van der Waals surface area (Å²) in [6.45, 7) is 5.97. The minimum absolute atomic E-state index is 0.102. The number of hydrogen-bond acceptors (Lipinski definition) is 5. The second-order valence-corrected chi connectivity index (χ2v) is 5.70. The third-order valence-electron chi connectivity index (χ3n) is 3.61. The number of nitrogens with zero attached hydrogens (tertiary/aromatic N) is 3. The van der Waals surface area contributed by atoms with Crippen LogP contribution in [0.2, 0.25) is 0 Å². The summed E-state index contributed by atoms with van der Waals surface area (Å²) >= 11 is 0. The Labute approximate surface area is 134 Å². The third-order valence-corrected chi connectivity index (χ3v) is 3.61. The predicted molar refractivity (Wildman–Crippen MR) is 91.0 cm³/mol. The minimum atomic E-state index is 0.102. The molecule has 1 aromatic carbocycles. The average Bonchev–Trinajstić information content (AvgIpc) is 2.45. The topological polar surface area (TPSA) is 84.9 Å². The molecule has 0 amide bonds. The van der Waals surface area contributed by atoms with Crippen molar-refractivity contribution in [3.8, 4) is 28.1 Å². The Morgan fingerprint density at radius 3 is 2.22 bits per heavy atom. The first-order valence-corrected chi connectivity index (χ1v) is 7.31. The molecule has 2 heterocycles. The van der Waals surface area contributed by atoms with Crippen molar-refractivity contribution in [3.63, 3.8) is 0 Å². The Hall–Kier alpha value is -2.95. The van der Waals surface area contributed by atoms with Gasteiger partial charge in [0.05, 0.1) is 17.6 Å². The van der Waals surface area contributed by atoms with Crippen LogP contribution in [0.4, 0.5) is 5.95 Å². The molecule has 0 bridgehead atoms. The highest BCUT2D eigenvalue weighted by Crippen LogP contribution is 2.34. The van der Waals surface area contributed by atoms with E-state index in [0.717, 1.165) is 39.2 Å². The Bertz CT molecular complexity index is 870. The molecular formula is C18H18N4O. The summed E-state index contributed by atoms with van der Waals surface area (Å²) in [5, 5.41) is 9.74. The van der Waals surface area contributed by atoms with Gasteiger partial charge in [0.2, 0.25) is 5.95 Å². The maximum absolute atomic E-state index is 9.74. The standard InChI is InChI=1S/C18H18N4O/c1-10-4-11(2)6-13(5-10)17-16(12(3)21-18(19)22-17)14-7-15(23)9-20-8-14/h4-9,23H,1-3H3,(H2,19,21,22). The van der Waals surface area contributed by atoms with E-state index in [0.29, 0.717) is 0 Å². The van der Waals surface area contributed by atoms with E-state index >= 15 is 0 Å². The Balaban J connectivity index is 2.32. The second-order valence-electron chi connectivity index (χ2n) is 5.70. The quantitative estimate of drug-likeness (QED) is 0.757. The first-order chi connectivity index (χ1) is 10.9. The minimum Gasteiger partial charge on any atom is -0.506 e. The lowest BCUT2D eigenvalue weighted by Crippen LogP contribution is -2.03. The van der Waals surface area contributed by atoms with E-state index in [1.54, 1.807) is 12.3 Å². The van der Waals surface area contributed by atoms with Gasteiger partial charge in [-0.2, -0.15) is 0 Å². The molecule has 116 valence electrons. The highest BCUT2D eigenvalue weighted by molar-refractivity contribution is 5.83. The van der Waals surface area contributed by atoms with Gasteiger partial charge in [0.15, 0.2) is 0 Å². The van der Waals surface area contributed by atoms with Crippen LogP contribution in [0.15, 0.2) is 36.7 Å². The van der Waals surface area contributed by atoms with Crippen molar-refractivity contribution in [1.29, 1.82) is 0 Å². The number of pyridine rings is 1. The van der Waals surface area contributed by atoms with Crippen molar-refractivity contribution in [1.82, 2.24) is 15.0 Å². The normalized spacial score (nSPS) is 10.7. The molecule has 5 nitrogen and oxygen atoms in total. The molecule has 0 atom stereocenters. The van der Waals surface area contributed by atoms with Crippen molar-refractivity contribution < 1.29 is 5.11 Å². The maximum Gasteiger partial charge on any atom is 0.220 e. The van der Waals surface area contributed by atoms with Crippen LogP contribution in [0.5, 0.6) is 5.75 Å². The summed E-state index contributed by atoms with van der Waals surface area (Å²) in [6.07, 6.45) is 3.08. The number of hydrogen-bond donors (Lipinski definition) is 2. The van der Waals surface area contributed by atoms with Crippen LogP contribution in [0, 0.1) is 20.8 Å². The predicted octanol–water partition coefficient (Wildman–Crippen LogP) is 3.42. The number of aromatic hydroxyl groups is 1. The lowest BCUT2D eigenvalue weighted by Gasteiger charge is -2.13. The van der Waals surface area contributed by atoms with Crippen molar-refractivity contribution in [2.45, 2.75) is 20.8 Å². The fraction of sp³-hybridized carbons (Fsp3) is 0.167. The molecular weight excluding hydrogens is 288 g/mol. The summed E-state index contributed by atoms with van der Waals surface area (Å²) < 4.78 is 0. The molecule has 23 heavy (non-hydrogen) atoms. The summed E-state index contributed by atoms with van der Waals surface area (Å²) in [7, 11) is 0. The molecule has 3 rings (SSSR count). The maximum atomic E-state index is 9.74. The van der Waals surface area contributed by atoms with Crippen LogP contribution in [-0.4, -0.2) is 20.1 Å². The van der Waals surface area contributed by atoms with Gasteiger partial charge in [0.1, 0.15) is 5.75 Å². The van der Waals surface area contributed by atoms with Crippen LogP contribution in [-0.2, 0) is 0 Å². The first kappa shape index (κ1) is 15.0. The number of anilines is 1. The zero-order valence-electron chi connectivity index (χ0n) is 13.3. The number of nitrogens with two attached hydrogens (primary N) is 1. The van der Waals surface area contributed by atoms with E-state index in [1.165, 1.54) is 6.20 Å². The lowest BCUT2D eigenvalue weighted by atomic mass is 9.97. The van der Waals surface area contributed by atoms with Gasteiger partial charge in [0, 0.05) is 22.9 Å². The van der Waals surface area contributed by atoms with Gasteiger partial charge in [-0.15, -0.1) is 0 Å². The first-order valence-electron chi connectivity index (χ1n) is 7.31. The van der Waals surface area contributed by atoms with Gasteiger partial charge < -0.3 is 10.8 Å². The molecule has 0 aliphatic rings.